The smallest absolute Gasteiger partial charge is 0.303 e. The van der Waals surface area contributed by atoms with Gasteiger partial charge < -0.3 is 91.0 Å². The summed E-state index contributed by atoms with van der Waals surface area (Å²) in [5, 5.41) is 55.4. The van der Waals surface area contributed by atoms with Crippen LogP contribution in [0.5, 0.6) is 23.0 Å². The molecule has 4 heterocycles. The second-order valence-corrected chi connectivity index (χ2v) is 35.5. The molecule has 11 N–H and O–H groups in total. The molecule has 1 fully saturated rings. The van der Waals surface area contributed by atoms with Gasteiger partial charge in [0.1, 0.15) is 28.9 Å². The quantitative estimate of drug-likeness (QED) is 0.00602. The molecule has 133 heavy (non-hydrogen) atoms. The van der Waals surface area contributed by atoms with Crippen LogP contribution in [-0.4, -0.2) is 223 Å². The number of benzene rings is 7. The number of hydrogen-bond acceptors (Lipinski definition) is 22. The van der Waals surface area contributed by atoms with Gasteiger partial charge in [-0.15, -0.1) is 0 Å². The summed E-state index contributed by atoms with van der Waals surface area (Å²) in [5.41, 5.74) is 11.2. The molecule has 0 saturated heterocycles. The number of ether oxygens (including phenoxy) is 3. The lowest BCUT2D eigenvalue weighted by Gasteiger charge is -2.32. The van der Waals surface area contributed by atoms with Crippen molar-refractivity contribution < 1.29 is 106 Å². The first-order valence-corrected chi connectivity index (χ1v) is 46.2. The first-order valence-electron chi connectivity index (χ1n) is 44.7. The van der Waals surface area contributed by atoms with Gasteiger partial charge in [0.05, 0.1) is 51.1 Å². The number of nitrogens with two attached hydrogens (primary N) is 1. The number of rotatable bonds is 33. The van der Waals surface area contributed by atoms with Gasteiger partial charge in [-0.25, -0.2) is 0 Å². The zero-order chi connectivity index (χ0) is 94.9. The molecule has 0 unspecified atom stereocenters. The van der Waals surface area contributed by atoms with Crippen LogP contribution < -0.4 is 52.0 Å². The molecule has 704 valence electrons. The highest BCUT2D eigenvalue weighted by atomic mass is 32.2. The van der Waals surface area contributed by atoms with Gasteiger partial charge in [0.2, 0.25) is 60.0 Å². The summed E-state index contributed by atoms with van der Waals surface area (Å²) in [6, 6.07) is 37.9. The lowest BCUT2D eigenvalue weighted by molar-refractivity contribution is -0.142. The van der Waals surface area contributed by atoms with Crippen LogP contribution in [0.4, 0.5) is 0 Å². The summed E-state index contributed by atoms with van der Waals surface area (Å²) in [7, 11) is 0. The summed E-state index contributed by atoms with van der Waals surface area (Å²) in [6.07, 6.45) is 4.05. The Balaban J connectivity index is 0.855. The average molecular weight is 1860 g/mol. The second kappa shape index (κ2) is 50.2. The summed E-state index contributed by atoms with van der Waals surface area (Å²) in [6.45, 7) is -4.48. The van der Waals surface area contributed by atoms with Crippen LogP contribution in [0, 0.1) is 5.92 Å². The van der Waals surface area contributed by atoms with Crippen LogP contribution in [-0.2, 0) is 93.8 Å². The van der Waals surface area contributed by atoms with Crippen LogP contribution >= 0.6 is 24.0 Å². The molecular weight excluding hydrogens is 1750 g/mol. The molecule has 12 rings (SSSR count). The van der Waals surface area contributed by atoms with Crippen LogP contribution in [0.15, 0.2) is 167 Å². The number of primary amides is 1. The zero-order valence-corrected chi connectivity index (χ0v) is 75.5. The van der Waals surface area contributed by atoms with Gasteiger partial charge in [0.15, 0.2) is 16.9 Å². The maximum Gasteiger partial charge on any atom is 0.303 e. The molecule has 6 aliphatic rings. The minimum absolute atomic E-state index is 0.00314. The van der Waals surface area contributed by atoms with Gasteiger partial charge in [-0.2, -0.15) is 11.8 Å². The number of fused-ring (bicyclic) bond motifs is 32. The van der Waals surface area contributed by atoms with Crippen LogP contribution in [0.2, 0.25) is 0 Å². The fourth-order valence-corrected chi connectivity index (χ4v) is 18.0. The molecular formula is C98H112N10O23S2. The second-order valence-electron chi connectivity index (χ2n) is 33.8. The van der Waals surface area contributed by atoms with E-state index in [1.807, 2.05) is 36.4 Å². The molecule has 35 heteroatoms. The monoisotopic (exact) mass is 1860 g/mol. The third-order valence-corrected chi connectivity index (χ3v) is 24.9. The van der Waals surface area contributed by atoms with Crippen LogP contribution in [0.1, 0.15) is 160 Å². The van der Waals surface area contributed by atoms with Crippen molar-refractivity contribution in [3.63, 3.8) is 0 Å². The number of thioether (sulfide) groups is 1. The van der Waals surface area contributed by atoms with Crippen molar-refractivity contribution in [2.45, 2.75) is 184 Å². The number of carboxylic acid groups (broad SMARTS) is 3. The Hall–Kier alpha value is -13.6. The Morgan fingerprint density at radius 2 is 1.15 bits per heavy atom. The summed E-state index contributed by atoms with van der Waals surface area (Å²) >= 11 is 7.23. The number of unbranched alkanes of at least 4 members (excludes halogenated alkanes) is 2. The number of aromatic hydroxyl groups is 1. The van der Waals surface area contributed by atoms with Crippen molar-refractivity contribution in [2.24, 2.45) is 11.7 Å². The molecule has 0 aromatic heterocycles. The SMILES string of the molecule is NC(=O)[C@H](CCCCCC(=S)Cc1ccc(-c2c3ccc(=O)cc-3oc3cc(O)ccc23)c(OC=O)c1)NC(=O)CN1C[C@H](Cc2ccccc2)NC(=O)CN(C(=O)CCC(=O)O)C[C@H](CCC(=O)O)NC(=O)CN(C(=O)Cc2ccc3c(c2)OCO3)C[C@H](CCC(=O)O)NC(=O)CN(C(=O)CCC2CCCCC2)C[C@H](Cc2ccccc2)NC(=O)c2ccc(cc2)CSCCC1=O. The Morgan fingerprint density at radius 1 is 0.564 bits per heavy atom. The van der Waals surface area contributed by atoms with Crippen molar-refractivity contribution in [1.82, 2.24) is 46.2 Å². The van der Waals surface area contributed by atoms with Crippen molar-refractivity contribution in [1.29, 1.82) is 0 Å². The molecule has 5 atom stereocenters. The molecule has 0 radical (unpaired) electrons. The normalized spacial score (nSPS) is 17.5. The minimum atomic E-state index is -1.39. The lowest BCUT2D eigenvalue weighted by Crippen LogP contribution is -2.55. The largest absolute Gasteiger partial charge is 0.508 e. The molecule has 2 bridgehead atoms. The van der Waals surface area contributed by atoms with Crippen molar-refractivity contribution >= 4 is 123 Å². The number of aliphatic carboxylic acids is 3. The van der Waals surface area contributed by atoms with Crippen LogP contribution in [0.25, 0.3) is 33.4 Å². The van der Waals surface area contributed by atoms with E-state index in [0.717, 1.165) is 58.6 Å². The first kappa shape index (κ1) is 100.0. The molecule has 6 aromatic carbocycles. The minimum Gasteiger partial charge on any atom is -0.508 e. The third-order valence-electron chi connectivity index (χ3n) is 23.5. The molecule has 2 aliphatic carbocycles. The van der Waals surface area contributed by atoms with E-state index in [1.54, 1.807) is 97.1 Å². The highest BCUT2D eigenvalue weighted by Crippen LogP contribution is 2.45. The predicted molar refractivity (Wildman–Crippen MR) is 497 cm³/mol. The number of nitrogens with one attached hydrogen (secondary N) is 5. The molecule has 4 aliphatic heterocycles. The van der Waals surface area contributed by atoms with E-state index in [1.165, 1.54) is 45.8 Å². The number of nitrogens with zero attached hydrogens (tertiary/aromatic N) is 4. The number of amides is 10. The van der Waals surface area contributed by atoms with Gasteiger partial charge in [-0.05, 0) is 145 Å². The number of phenols is 1. The van der Waals surface area contributed by atoms with E-state index in [0.29, 0.717) is 100 Å². The summed E-state index contributed by atoms with van der Waals surface area (Å²) in [5.74, 6) is -9.57. The molecule has 1 saturated carbocycles. The van der Waals surface area contributed by atoms with Crippen molar-refractivity contribution in [3.05, 3.63) is 201 Å². The number of thiocarbonyl (C=S) groups is 1. The Kier molecular flexibility index (Phi) is 37.7. The topological polar surface area (TPSA) is 477 Å². The van der Waals surface area contributed by atoms with E-state index >= 15 is 0 Å². The maximum absolute atomic E-state index is 15.0. The zero-order valence-electron chi connectivity index (χ0n) is 73.8. The van der Waals surface area contributed by atoms with Gasteiger partial charge in [0, 0.05) is 128 Å². The van der Waals surface area contributed by atoms with Crippen molar-refractivity contribution in [2.75, 3.05) is 64.9 Å². The van der Waals surface area contributed by atoms with E-state index in [-0.39, 0.29) is 104 Å². The average Bonchev–Trinajstić information content (AvgIpc) is 1.64. The maximum atomic E-state index is 15.0. The van der Waals surface area contributed by atoms with Gasteiger partial charge >= 0.3 is 17.9 Å². The lowest BCUT2D eigenvalue weighted by atomic mass is 9.86. The van der Waals surface area contributed by atoms with E-state index in [4.69, 9.17) is 36.6 Å². The van der Waals surface area contributed by atoms with E-state index in [2.05, 4.69) is 26.6 Å². The predicted octanol–water partition coefficient (Wildman–Crippen LogP) is 9.25. The Morgan fingerprint density at radius 3 is 1.78 bits per heavy atom. The summed E-state index contributed by atoms with van der Waals surface area (Å²) in [4.78, 5) is 213. The Bertz CT molecular complexity index is 5500. The number of carboxylic acids is 3. The van der Waals surface area contributed by atoms with E-state index < -0.39 is 185 Å². The standard InChI is InChI=1S/C98H112N10O23S2/c99-97(126)79(20-12-4-11-19-75(132)45-66-23-32-76(81(46-66)128-60-109)96-77-33-30-73(110)49-82(77)131-83-50-74(111)31-34-78(83)96)104-88(115)58-107-53-71(43-63-15-7-2-8-16-63)102-87(114)56-105(90(117)37-40-95(124)125)51-69(28-38-93(120)121)100-86(113)57-108(92(119)48-67-24-35-80-84(47-67)130-61-129-80)52-70(29-39-94(122)123)101-85(112)55-106(89(116)36-25-62-13-5-1-6-14-62)54-72(44-64-17-9-3-10-18-64)103-98(127)68-26-21-65(22-27-68)59-133-42-41-91(107)118/h2-3,7-10,15-18,21-24,26-27,30-35,46-47,49-50,60,62,69-72,79,110H,1,4-6,11-14,19-20,25,28-29,36-45,48,51-59,61H2,(H2,99,126)(H,100,113)(H,101,112)(H,102,114)(H,103,127)(H,104,115)(H,120,121)(H,122,123)(H,124,125)/t69-,70-,71-,72-,79-/m0/s1. The Labute approximate surface area is 778 Å². The highest BCUT2D eigenvalue weighted by Gasteiger charge is 2.34. The van der Waals surface area contributed by atoms with E-state index in [9.17, 15) is 92.3 Å². The molecule has 33 nitrogen and oxygen atoms in total. The van der Waals surface area contributed by atoms with Gasteiger partial charge in [-0.3, -0.25) is 71.9 Å². The third kappa shape index (κ3) is 31.9. The summed E-state index contributed by atoms with van der Waals surface area (Å²) < 4.78 is 22.7. The van der Waals surface area contributed by atoms with Crippen molar-refractivity contribution in [3.8, 4) is 45.4 Å². The fraction of sp³-hybridized carbons (Fsp3) is 0.408. The number of hydrogen-bond donors (Lipinski definition) is 10. The number of carbonyl (C=O) groups excluding carboxylic acids is 11. The fourth-order valence-electron chi connectivity index (χ4n) is 16.8. The van der Waals surface area contributed by atoms with Crippen LogP contribution in [0.3, 0.4) is 0 Å². The number of carbonyl (C=O) groups is 14. The van der Waals surface area contributed by atoms with Gasteiger partial charge in [-0.1, -0.05) is 148 Å². The molecule has 0 spiro atoms. The molecule has 10 amide bonds. The highest BCUT2D eigenvalue weighted by molar-refractivity contribution is 7.98. The van der Waals surface area contributed by atoms with Gasteiger partial charge in [0.25, 0.3) is 12.4 Å². The first-order chi connectivity index (χ1) is 64.0. The number of phenolic OH excluding ortho intramolecular Hbond substituents is 1. The molecule has 6 aromatic rings.